The maximum Gasteiger partial charge on any atom is 0.251 e. The lowest BCUT2D eigenvalue weighted by Gasteiger charge is -2.24. The Morgan fingerprint density at radius 3 is 2.47 bits per heavy atom. The molecule has 1 fully saturated rings. The number of rotatable bonds is 6. The Hall–Kier alpha value is -3.37. The molecule has 1 aliphatic heterocycles. The molecule has 1 aliphatic rings. The standard InChI is InChI=1S/C22H21F2N5O2S/c1-22(9-10-26-11-22)29-20(31)12-5-7-13(8-6-12)27-21-28-19(25)18(32-21)17(30)16-14(23)3-2-4-15(16)24/h2-8,26H,9-11,25H2,1H3,(H,27,28)(H,29,31)/t22-/m1/s1. The van der Waals surface area contributed by atoms with Crippen LogP contribution in [0.3, 0.4) is 0 Å². The minimum atomic E-state index is -0.964. The molecule has 1 aromatic heterocycles. The first-order valence-electron chi connectivity index (χ1n) is 9.91. The van der Waals surface area contributed by atoms with E-state index in [4.69, 9.17) is 5.73 Å². The van der Waals surface area contributed by atoms with Gasteiger partial charge in [-0.25, -0.2) is 13.8 Å². The highest BCUT2D eigenvalue weighted by atomic mass is 32.1. The zero-order valence-corrected chi connectivity index (χ0v) is 18.0. The van der Waals surface area contributed by atoms with Gasteiger partial charge in [-0.05, 0) is 56.3 Å². The lowest BCUT2D eigenvalue weighted by Crippen LogP contribution is -2.47. The minimum absolute atomic E-state index is 0.0640. The van der Waals surface area contributed by atoms with Crippen LogP contribution >= 0.6 is 11.3 Å². The fraction of sp³-hybridized carbons (Fsp3) is 0.227. The number of carbonyl (C=O) groups is 2. The van der Waals surface area contributed by atoms with Gasteiger partial charge in [0.15, 0.2) is 5.13 Å². The van der Waals surface area contributed by atoms with E-state index in [0.717, 1.165) is 43.0 Å². The van der Waals surface area contributed by atoms with Gasteiger partial charge in [0.25, 0.3) is 5.91 Å². The molecule has 3 aromatic rings. The van der Waals surface area contributed by atoms with Crippen LogP contribution in [-0.2, 0) is 0 Å². The molecule has 0 radical (unpaired) electrons. The molecule has 5 N–H and O–H groups in total. The van der Waals surface area contributed by atoms with Crippen LogP contribution in [0.5, 0.6) is 0 Å². The summed E-state index contributed by atoms with van der Waals surface area (Å²) in [6.07, 6.45) is 0.863. The molecular weight excluding hydrogens is 436 g/mol. The molecule has 4 rings (SSSR count). The van der Waals surface area contributed by atoms with Crippen LogP contribution in [0.2, 0.25) is 0 Å². The van der Waals surface area contributed by atoms with E-state index in [2.05, 4.69) is 20.9 Å². The van der Waals surface area contributed by atoms with E-state index in [1.807, 2.05) is 6.92 Å². The highest BCUT2D eigenvalue weighted by Crippen LogP contribution is 2.31. The average Bonchev–Trinajstić information content (AvgIpc) is 3.33. The Morgan fingerprint density at radius 2 is 1.84 bits per heavy atom. The molecule has 1 saturated heterocycles. The summed E-state index contributed by atoms with van der Waals surface area (Å²) in [5, 5.41) is 9.55. The molecule has 10 heteroatoms. The zero-order chi connectivity index (χ0) is 22.9. The summed E-state index contributed by atoms with van der Waals surface area (Å²) < 4.78 is 27.9. The Labute approximate surface area is 187 Å². The molecule has 2 heterocycles. The quantitative estimate of drug-likeness (QED) is 0.422. The molecule has 1 amide bonds. The molecule has 0 aliphatic carbocycles. The van der Waals surface area contributed by atoms with Gasteiger partial charge in [-0.2, -0.15) is 0 Å². The van der Waals surface area contributed by atoms with Crippen molar-refractivity contribution >= 4 is 39.7 Å². The first-order valence-corrected chi connectivity index (χ1v) is 10.7. The van der Waals surface area contributed by atoms with E-state index in [-0.39, 0.29) is 27.3 Å². The Morgan fingerprint density at radius 1 is 1.16 bits per heavy atom. The Kier molecular flexibility index (Phi) is 5.90. The van der Waals surface area contributed by atoms with Gasteiger partial charge in [-0.15, -0.1) is 0 Å². The maximum absolute atomic E-state index is 14.0. The number of benzene rings is 2. The average molecular weight is 458 g/mol. The van der Waals surface area contributed by atoms with Crippen molar-refractivity contribution in [3.63, 3.8) is 0 Å². The third-order valence-corrected chi connectivity index (χ3v) is 6.22. The first-order chi connectivity index (χ1) is 15.3. The second kappa shape index (κ2) is 8.64. The van der Waals surface area contributed by atoms with Gasteiger partial charge in [0.2, 0.25) is 5.78 Å². The number of nitrogens with one attached hydrogen (secondary N) is 3. The van der Waals surface area contributed by atoms with Crippen molar-refractivity contribution < 1.29 is 18.4 Å². The number of anilines is 3. The summed E-state index contributed by atoms with van der Waals surface area (Å²) in [5.74, 6) is -3.09. The summed E-state index contributed by atoms with van der Waals surface area (Å²) in [6, 6.07) is 9.92. The lowest BCUT2D eigenvalue weighted by atomic mass is 10.0. The number of hydrogen-bond acceptors (Lipinski definition) is 7. The van der Waals surface area contributed by atoms with Crippen molar-refractivity contribution in [2.45, 2.75) is 18.9 Å². The third-order valence-electron chi connectivity index (χ3n) is 5.23. The van der Waals surface area contributed by atoms with Crippen molar-refractivity contribution in [2.24, 2.45) is 0 Å². The minimum Gasteiger partial charge on any atom is -0.382 e. The van der Waals surface area contributed by atoms with Gasteiger partial charge in [-0.3, -0.25) is 9.59 Å². The van der Waals surface area contributed by atoms with Crippen LogP contribution in [0.25, 0.3) is 0 Å². The number of hydrogen-bond donors (Lipinski definition) is 4. The number of aromatic nitrogens is 1. The number of nitrogen functional groups attached to an aromatic ring is 1. The number of carbonyl (C=O) groups excluding carboxylic acids is 2. The number of thiazole rings is 1. The number of ketones is 1. The van der Waals surface area contributed by atoms with E-state index in [1.54, 1.807) is 24.3 Å². The summed E-state index contributed by atoms with van der Waals surface area (Å²) in [6.45, 7) is 3.59. The van der Waals surface area contributed by atoms with Crippen LogP contribution in [-0.4, -0.2) is 35.3 Å². The molecule has 166 valence electrons. The topological polar surface area (TPSA) is 109 Å². The van der Waals surface area contributed by atoms with Crippen LogP contribution in [0.4, 0.5) is 25.4 Å². The van der Waals surface area contributed by atoms with Crippen LogP contribution in [0.15, 0.2) is 42.5 Å². The molecule has 1 atom stereocenters. The van der Waals surface area contributed by atoms with Crippen molar-refractivity contribution in [1.29, 1.82) is 0 Å². The molecule has 0 saturated carbocycles. The van der Waals surface area contributed by atoms with E-state index >= 15 is 0 Å². The monoisotopic (exact) mass is 457 g/mol. The van der Waals surface area contributed by atoms with Gasteiger partial charge in [0.1, 0.15) is 22.3 Å². The second-order valence-electron chi connectivity index (χ2n) is 7.80. The largest absolute Gasteiger partial charge is 0.382 e. The van der Waals surface area contributed by atoms with Gasteiger partial charge < -0.3 is 21.7 Å². The Balaban J connectivity index is 1.47. The smallest absolute Gasteiger partial charge is 0.251 e. The normalized spacial score (nSPS) is 17.8. The molecule has 0 bridgehead atoms. The highest BCUT2D eigenvalue weighted by molar-refractivity contribution is 7.18. The van der Waals surface area contributed by atoms with Crippen LogP contribution < -0.4 is 21.7 Å². The molecule has 32 heavy (non-hydrogen) atoms. The first kappa shape index (κ1) is 21.8. The summed E-state index contributed by atoms with van der Waals surface area (Å²) in [5.41, 5.74) is 6.00. The zero-order valence-electron chi connectivity index (χ0n) is 17.2. The van der Waals surface area contributed by atoms with Gasteiger partial charge in [0.05, 0.1) is 11.1 Å². The molecule has 7 nitrogen and oxygen atoms in total. The SMILES string of the molecule is C[C@@]1(NC(=O)c2ccc(Nc3nc(N)c(C(=O)c4c(F)cccc4F)s3)cc2)CCNC1. The van der Waals surface area contributed by atoms with Crippen LogP contribution in [0.1, 0.15) is 38.9 Å². The fourth-order valence-corrected chi connectivity index (χ4v) is 4.33. The van der Waals surface area contributed by atoms with E-state index in [0.29, 0.717) is 11.3 Å². The summed E-state index contributed by atoms with van der Waals surface area (Å²) >= 11 is 0.890. The van der Waals surface area contributed by atoms with Gasteiger partial charge in [-0.1, -0.05) is 17.4 Å². The van der Waals surface area contributed by atoms with Gasteiger partial charge >= 0.3 is 0 Å². The number of halogens is 2. The van der Waals surface area contributed by atoms with Gasteiger partial charge in [0, 0.05) is 17.8 Å². The molecule has 0 unspecified atom stereocenters. The van der Waals surface area contributed by atoms with Crippen LogP contribution in [0, 0.1) is 11.6 Å². The van der Waals surface area contributed by atoms with E-state index < -0.39 is 23.0 Å². The second-order valence-corrected chi connectivity index (χ2v) is 8.80. The van der Waals surface area contributed by atoms with Crippen molar-refractivity contribution in [3.05, 3.63) is 70.1 Å². The van der Waals surface area contributed by atoms with Crippen molar-refractivity contribution in [2.75, 3.05) is 24.1 Å². The highest BCUT2D eigenvalue weighted by Gasteiger charge is 2.30. The predicted octanol–water partition coefficient (Wildman–Crippen LogP) is 3.46. The third kappa shape index (κ3) is 4.46. The molecule has 2 aromatic carbocycles. The lowest BCUT2D eigenvalue weighted by molar-refractivity contribution is 0.0912. The van der Waals surface area contributed by atoms with Crippen molar-refractivity contribution in [3.8, 4) is 0 Å². The number of nitrogens with zero attached hydrogens (tertiary/aromatic N) is 1. The maximum atomic E-state index is 14.0. The summed E-state index contributed by atoms with van der Waals surface area (Å²) in [4.78, 5) is 29.1. The number of nitrogens with two attached hydrogens (primary N) is 1. The fourth-order valence-electron chi connectivity index (χ4n) is 3.47. The van der Waals surface area contributed by atoms with Crippen molar-refractivity contribution in [1.82, 2.24) is 15.6 Å². The number of amides is 1. The van der Waals surface area contributed by atoms with E-state index in [9.17, 15) is 18.4 Å². The molecular formula is C22H21F2N5O2S. The predicted molar refractivity (Wildman–Crippen MR) is 119 cm³/mol. The summed E-state index contributed by atoms with van der Waals surface area (Å²) in [7, 11) is 0. The Bertz CT molecular complexity index is 1150. The molecule has 0 spiro atoms. The van der Waals surface area contributed by atoms with E-state index in [1.165, 1.54) is 6.07 Å².